The molecule has 0 bridgehead atoms. The second kappa shape index (κ2) is 6.37. The first kappa shape index (κ1) is 14.3. The van der Waals surface area contributed by atoms with Gasteiger partial charge in [0.15, 0.2) is 0 Å². The van der Waals surface area contributed by atoms with Crippen LogP contribution in [0.3, 0.4) is 0 Å². The molecule has 0 radical (unpaired) electrons. The summed E-state index contributed by atoms with van der Waals surface area (Å²) in [6.07, 6.45) is 5.46. The van der Waals surface area contributed by atoms with Crippen LogP contribution in [-0.4, -0.2) is 30.9 Å². The summed E-state index contributed by atoms with van der Waals surface area (Å²) < 4.78 is 27.9. The van der Waals surface area contributed by atoms with Crippen LogP contribution in [0.1, 0.15) is 29.6 Å². The molecule has 1 fully saturated rings. The van der Waals surface area contributed by atoms with E-state index < -0.39 is 11.6 Å². The Labute approximate surface area is 116 Å². The fraction of sp³-hybridized carbons (Fsp3) is 0.500. The van der Waals surface area contributed by atoms with E-state index in [4.69, 9.17) is 0 Å². The number of hydrogen-bond acceptors (Lipinski definition) is 3. The Balaban J connectivity index is 2.24. The number of rotatable bonds is 3. The van der Waals surface area contributed by atoms with Crippen molar-refractivity contribution in [3.63, 3.8) is 0 Å². The first-order chi connectivity index (χ1) is 9.15. The molecule has 0 aliphatic carbocycles. The molecule has 2 nitrogen and oxygen atoms in total. The number of nitrogens with zero attached hydrogens (tertiary/aromatic N) is 1. The first-order valence-corrected chi connectivity index (χ1v) is 7.66. The van der Waals surface area contributed by atoms with E-state index in [2.05, 4.69) is 6.26 Å². The zero-order valence-corrected chi connectivity index (χ0v) is 11.7. The van der Waals surface area contributed by atoms with Crippen molar-refractivity contribution in [1.82, 2.24) is 0 Å². The largest absolute Gasteiger partial charge is 0.367 e. The predicted molar refractivity (Wildman–Crippen MR) is 75.1 cm³/mol. The van der Waals surface area contributed by atoms with Crippen LogP contribution < -0.4 is 4.90 Å². The quantitative estimate of drug-likeness (QED) is 0.793. The Morgan fingerprint density at radius 1 is 1.26 bits per heavy atom. The third-order valence-corrected chi connectivity index (χ3v) is 4.64. The van der Waals surface area contributed by atoms with Crippen LogP contribution in [0.15, 0.2) is 12.1 Å². The summed E-state index contributed by atoms with van der Waals surface area (Å²) in [7, 11) is 0. The molecule has 1 heterocycles. The van der Waals surface area contributed by atoms with Crippen molar-refractivity contribution < 1.29 is 13.6 Å². The summed E-state index contributed by atoms with van der Waals surface area (Å²) in [5, 5.41) is 0.561. The maximum atomic E-state index is 13.9. The fourth-order valence-corrected chi connectivity index (χ4v) is 3.22. The molecule has 0 saturated carbocycles. The van der Waals surface area contributed by atoms with Crippen LogP contribution in [0, 0.1) is 11.6 Å². The maximum Gasteiger partial charge on any atom is 0.150 e. The minimum atomic E-state index is -0.648. The topological polar surface area (TPSA) is 20.3 Å². The second-order valence-electron chi connectivity index (χ2n) is 4.73. The molecule has 19 heavy (non-hydrogen) atoms. The number of carbonyl (C=O) groups is 1. The van der Waals surface area contributed by atoms with Gasteiger partial charge in [0, 0.05) is 23.9 Å². The highest BCUT2D eigenvalue weighted by Gasteiger charge is 2.22. The lowest BCUT2D eigenvalue weighted by atomic mass is 10.2. The summed E-state index contributed by atoms with van der Waals surface area (Å²) in [4.78, 5) is 12.3. The average molecular weight is 285 g/mol. The van der Waals surface area contributed by atoms with Gasteiger partial charge in [-0.15, -0.1) is 0 Å². The molecule has 104 valence electrons. The van der Waals surface area contributed by atoms with E-state index in [1.807, 2.05) is 11.8 Å². The van der Waals surface area contributed by atoms with E-state index in [0.717, 1.165) is 31.4 Å². The van der Waals surface area contributed by atoms with Gasteiger partial charge in [-0.05, 0) is 37.7 Å². The molecule has 1 atom stereocenters. The van der Waals surface area contributed by atoms with E-state index in [0.29, 0.717) is 24.6 Å². The third-order valence-electron chi connectivity index (χ3n) is 3.50. The molecule has 1 saturated heterocycles. The highest BCUT2D eigenvalue weighted by atomic mass is 32.2. The van der Waals surface area contributed by atoms with Gasteiger partial charge in [0.05, 0.1) is 0 Å². The van der Waals surface area contributed by atoms with Gasteiger partial charge in [0.2, 0.25) is 0 Å². The molecule has 5 heteroatoms. The standard InChI is InChI=1S/C14H17F2NOS/c1-19-11-3-2-5-17(6-4-11)14-12(15)7-10(9-18)8-13(14)16/h7-9,11H,2-6H2,1H3. The van der Waals surface area contributed by atoms with Crippen molar-refractivity contribution in [3.05, 3.63) is 29.3 Å². The van der Waals surface area contributed by atoms with Crippen molar-refractivity contribution in [2.24, 2.45) is 0 Å². The average Bonchev–Trinajstić information content (AvgIpc) is 2.63. The molecule has 1 aliphatic heterocycles. The van der Waals surface area contributed by atoms with Crippen molar-refractivity contribution in [2.75, 3.05) is 24.2 Å². The van der Waals surface area contributed by atoms with Crippen LogP contribution in [0.4, 0.5) is 14.5 Å². The molecule has 1 aliphatic rings. The van der Waals surface area contributed by atoms with Gasteiger partial charge in [-0.2, -0.15) is 11.8 Å². The minimum Gasteiger partial charge on any atom is -0.367 e. The number of anilines is 1. The third kappa shape index (κ3) is 3.26. The Kier molecular flexibility index (Phi) is 4.80. The summed E-state index contributed by atoms with van der Waals surface area (Å²) in [6.45, 7) is 1.31. The summed E-state index contributed by atoms with van der Waals surface area (Å²) in [5.41, 5.74) is 0.0444. The van der Waals surface area contributed by atoms with Crippen LogP contribution in [0.25, 0.3) is 0 Å². The number of aldehydes is 1. The van der Waals surface area contributed by atoms with Gasteiger partial charge < -0.3 is 4.90 Å². The van der Waals surface area contributed by atoms with Crippen molar-refractivity contribution >= 4 is 23.7 Å². The van der Waals surface area contributed by atoms with Crippen LogP contribution in [-0.2, 0) is 0 Å². The molecule has 1 aromatic carbocycles. The SMILES string of the molecule is CSC1CCCN(c2c(F)cc(C=O)cc2F)CC1. The Bertz CT molecular complexity index is 444. The molecule has 2 rings (SSSR count). The smallest absolute Gasteiger partial charge is 0.150 e. The minimum absolute atomic E-state index is 0.00681. The number of halogens is 2. The predicted octanol–water partition coefficient (Wildman–Crippen LogP) is 3.50. The number of benzene rings is 1. The highest BCUT2D eigenvalue weighted by Crippen LogP contribution is 2.29. The molecule has 1 aromatic rings. The first-order valence-electron chi connectivity index (χ1n) is 6.37. The van der Waals surface area contributed by atoms with Gasteiger partial charge in [-0.25, -0.2) is 8.78 Å². The van der Waals surface area contributed by atoms with E-state index in [1.54, 1.807) is 4.90 Å². The van der Waals surface area contributed by atoms with Gasteiger partial charge in [-0.1, -0.05) is 0 Å². The van der Waals surface area contributed by atoms with Gasteiger partial charge in [0.25, 0.3) is 0 Å². The summed E-state index contributed by atoms with van der Waals surface area (Å²) in [5.74, 6) is -1.30. The zero-order chi connectivity index (χ0) is 13.8. The normalized spacial score (nSPS) is 20.2. The Morgan fingerprint density at radius 3 is 2.53 bits per heavy atom. The van der Waals surface area contributed by atoms with Crippen molar-refractivity contribution in [3.8, 4) is 0 Å². The summed E-state index contributed by atoms with van der Waals surface area (Å²) >= 11 is 1.81. The van der Waals surface area contributed by atoms with Crippen LogP contribution in [0.5, 0.6) is 0 Å². The number of hydrogen-bond donors (Lipinski definition) is 0. The molecule has 0 aromatic heterocycles. The molecule has 0 N–H and O–H groups in total. The van der Waals surface area contributed by atoms with Gasteiger partial charge in [-0.3, -0.25) is 4.79 Å². The van der Waals surface area contributed by atoms with E-state index in [-0.39, 0.29) is 11.3 Å². The molecular weight excluding hydrogens is 268 g/mol. The highest BCUT2D eigenvalue weighted by molar-refractivity contribution is 7.99. The van der Waals surface area contributed by atoms with Crippen LogP contribution >= 0.6 is 11.8 Å². The van der Waals surface area contributed by atoms with Crippen LogP contribution in [0.2, 0.25) is 0 Å². The van der Waals surface area contributed by atoms with Crippen molar-refractivity contribution in [1.29, 1.82) is 0 Å². The lowest BCUT2D eigenvalue weighted by Crippen LogP contribution is -2.26. The molecular formula is C14H17F2NOS. The van der Waals surface area contributed by atoms with Crippen molar-refractivity contribution in [2.45, 2.75) is 24.5 Å². The van der Waals surface area contributed by atoms with E-state index in [9.17, 15) is 13.6 Å². The molecule has 1 unspecified atom stereocenters. The Morgan fingerprint density at radius 2 is 1.95 bits per heavy atom. The zero-order valence-electron chi connectivity index (χ0n) is 10.9. The monoisotopic (exact) mass is 285 g/mol. The van der Waals surface area contributed by atoms with Gasteiger partial charge in [0.1, 0.15) is 23.6 Å². The van der Waals surface area contributed by atoms with E-state index >= 15 is 0 Å². The lowest BCUT2D eigenvalue weighted by Gasteiger charge is -2.24. The molecule has 0 amide bonds. The van der Waals surface area contributed by atoms with Gasteiger partial charge >= 0.3 is 0 Å². The Hall–Kier alpha value is -1.10. The maximum absolute atomic E-state index is 13.9. The molecule has 0 spiro atoms. The lowest BCUT2D eigenvalue weighted by molar-refractivity contribution is 0.112. The second-order valence-corrected chi connectivity index (χ2v) is 5.86. The number of thioether (sulfide) groups is 1. The fourth-order valence-electron chi connectivity index (χ4n) is 2.48. The summed E-state index contributed by atoms with van der Waals surface area (Å²) in [6, 6.07) is 2.20. The van der Waals surface area contributed by atoms with E-state index in [1.165, 1.54) is 0 Å². The number of carbonyl (C=O) groups excluding carboxylic acids is 1.